The van der Waals surface area contributed by atoms with Gasteiger partial charge < -0.3 is 5.21 Å². The van der Waals surface area contributed by atoms with Crippen molar-refractivity contribution in [3.8, 4) is 0 Å². The van der Waals surface area contributed by atoms with Crippen LogP contribution < -0.4 is 0 Å². The molecule has 62 valence electrons. The van der Waals surface area contributed by atoms with Crippen molar-refractivity contribution in [3.63, 3.8) is 0 Å². The summed E-state index contributed by atoms with van der Waals surface area (Å²) in [7, 11) is 0. The summed E-state index contributed by atoms with van der Waals surface area (Å²) in [6.07, 6.45) is 4.36. The van der Waals surface area contributed by atoms with Crippen molar-refractivity contribution in [2.45, 2.75) is 12.8 Å². The molecule has 4 heteroatoms. The lowest BCUT2D eigenvalue weighted by Gasteiger charge is -2.08. The Hall–Kier alpha value is -0.900. The Morgan fingerprint density at radius 3 is 3.00 bits per heavy atom. The first-order valence-corrected chi connectivity index (χ1v) is 4.44. The van der Waals surface area contributed by atoms with Crippen LogP contribution in [-0.4, -0.2) is 16.7 Å². The van der Waals surface area contributed by atoms with Crippen LogP contribution in [-0.2, 0) is 4.79 Å². The molecular formula is C8H6BrNO2. The molecule has 0 unspecified atom stereocenters. The van der Waals surface area contributed by atoms with E-state index in [1.807, 2.05) is 0 Å². The SMILES string of the molecule is O=C1CCC=C2C1=C(Br)C=[N+]2[O-]. The number of hydroxylamine groups is 1. The molecule has 0 fully saturated rings. The van der Waals surface area contributed by atoms with Crippen LogP contribution in [0.5, 0.6) is 0 Å². The van der Waals surface area contributed by atoms with Gasteiger partial charge in [0.2, 0.25) is 5.70 Å². The molecule has 0 amide bonds. The van der Waals surface area contributed by atoms with Crippen molar-refractivity contribution in [1.82, 2.24) is 0 Å². The van der Waals surface area contributed by atoms with Crippen LogP contribution in [0.15, 0.2) is 21.8 Å². The summed E-state index contributed by atoms with van der Waals surface area (Å²) in [5.74, 6) is 0.0500. The quantitative estimate of drug-likeness (QED) is 0.465. The van der Waals surface area contributed by atoms with E-state index in [4.69, 9.17) is 0 Å². The Morgan fingerprint density at radius 2 is 2.33 bits per heavy atom. The van der Waals surface area contributed by atoms with Gasteiger partial charge in [-0.25, -0.2) is 0 Å². The Balaban J connectivity index is 2.56. The second-order valence-electron chi connectivity index (χ2n) is 2.73. The molecule has 1 heterocycles. The van der Waals surface area contributed by atoms with E-state index in [0.29, 0.717) is 28.6 Å². The van der Waals surface area contributed by atoms with Crippen LogP contribution in [0, 0.1) is 5.21 Å². The summed E-state index contributed by atoms with van der Waals surface area (Å²) >= 11 is 3.18. The predicted octanol–water partition coefficient (Wildman–Crippen LogP) is 1.48. The average molecular weight is 228 g/mol. The number of halogens is 1. The Bertz CT molecular complexity index is 352. The van der Waals surface area contributed by atoms with Crippen molar-refractivity contribution in [2.24, 2.45) is 0 Å². The van der Waals surface area contributed by atoms with E-state index in [1.165, 1.54) is 6.21 Å². The standard InChI is InChI=1S/C8H6BrNO2/c9-5-4-10(12)6-2-1-3-7(11)8(5)6/h2,4H,1,3H2. The lowest BCUT2D eigenvalue weighted by atomic mass is 9.98. The van der Waals surface area contributed by atoms with Gasteiger partial charge in [-0.2, -0.15) is 4.74 Å². The summed E-state index contributed by atoms with van der Waals surface area (Å²) in [5.41, 5.74) is 1.04. The van der Waals surface area contributed by atoms with E-state index in [2.05, 4.69) is 15.9 Å². The first-order chi connectivity index (χ1) is 5.70. The minimum Gasteiger partial charge on any atom is -0.618 e. The molecule has 0 N–H and O–H groups in total. The third-order valence-corrected chi connectivity index (χ3v) is 2.55. The number of rotatable bonds is 0. The lowest BCUT2D eigenvalue weighted by molar-refractivity contribution is -0.387. The fraction of sp³-hybridized carbons (Fsp3) is 0.250. The van der Waals surface area contributed by atoms with Crippen molar-refractivity contribution in [2.75, 3.05) is 0 Å². The molecule has 0 bridgehead atoms. The van der Waals surface area contributed by atoms with Gasteiger partial charge >= 0.3 is 0 Å². The van der Waals surface area contributed by atoms with Crippen LogP contribution in [0.3, 0.4) is 0 Å². The molecule has 0 radical (unpaired) electrons. The normalized spacial score (nSPS) is 22.2. The number of hydrogen-bond acceptors (Lipinski definition) is 2. The van der Waals surface area contributed by atoms with Gasteiger partial charge in [0.1, 0.15) is 10.1 Å². The monoisotopic (exact) mass is 227 g/mol. The molecule has 12 heavy (non-hydrogen) atoms. The molecule has 0 aromatic heterocycles. The summed E-state index contributed by atoms with van der Waals surface area (Å²) in [6, 6.07) is 0. The Morgan fingerprint density at radius 1 is 1.58 bits per heavy atom. The van der Waals surface area contributed by atoms with Gasteiger partial charge in [0.05, 0.1) is 0 Å². The second-order valence-corrected chi connectivity index (χ2v) is 3.58. The number of hydrogen-bond donors (Lipinski definition) is 0. The average Bonchev–Trinajstić information content (AvgIpc) is 2.29. The Labute approximate surface area is 77.8 Å². The van der Waals surface area contributed by atoms with E-state index in [0.717, 1.165) is 4.74 Å². The number of ketones is 1. The molecule has 0 spiro atoms. The number of allylic oxidation sites excluding steroid dienone is 3. The largest absolute Gasteiger partial charge is 0.618 e. The maximum atomic E-state index is 11.3. The summed E-state index contributed by atoms with van der Waals surface area (Å²) in [4.78, 5) is 11.3. The zero-order chi connectivity index (χ0) is 8.72. The van der Waals surface area contributed by atoms with Crippen LogP contribution >= 0.6 is 15.9 Å². The van der Waals surface area contributed by atoms with Gasteiger partial charge in [0.15, 0.2) is 12.0 Å². The van der Waals surface area contributed by atoms with Crippen LogP contribution in [0.1, 0.15) is 12.8 Å². The molecule has 1 aliphatic heterocycles. The summed E-state index contributed by atoms with van der Waals surface area (Å²) in [5, 5.41) is 11.1. The molecule has 0 atom stereocenters. The summed E-state index contributed by atoms with van der Waals surface area (Å²) in [6.45, 7) is 0. The van der Waals surface area contributed by atoms with Crippen molar-refractivity contribution < 1.29 is 9.53 Å². The second kappa shape index (κ2) is 2.55. The first-order valence-electron chi connectivity index (χ1n) is 3.65. The molecule has 0 saturated heterocycles. The number of fused-ring (bicyclic) bond motifs is 1. The minimum atomic E-state index is 0.0500. The minimum absolute atomic E-state index is 0.0500. The van der Waals surface area contributed by atoms with Gasteiger partial charge in [-0.1, -0.05) is 0 Å². The van der Waals surface area contributed by atoms with E-state index in [-0.39, 0.29) is 5.78 Å². The zero-order valence-electron chi connectivity index (χ0n) is 6.21. The van der Waals surface area contributed by atoms with Gasteiger partial charge in [-0.05, 0) is 28.4 Å². The van der Waals surface area contributed by atoms with Crippen molar-refractivity contribution in [1.29, 1.82) is 0 Å². The molecule has 0 aromatic rings. The van der Waals surface area contributed by atoms with Crippen LogP contribution in [0.25, 0.3) is 0 Å². The van der Waals surface area contributed by atoms with Gasteiger partial charge in [0, 0.05) is 6.42 Å². The Kier molecular flexibility index (Phi) is 1.65. The van der Waals surface area contributed by atoms with E-state index in [1.54, 1.807) is 6.08 Å². The molecule has 1 aliphatic carbocycles. The third kappa shape index (κ3) is 0.948. The lowest BCUT2D eigenvalue weighted by Crippen LogP contribution is -2.12. The van der Waals surface area contributed by atoms with Crippen LogP contribution in [0.2, 0.25) is 0 Å². The van der Waals surface area contributed by atoms with E-state index >= 15 is 0 Å². The van der Waals surface area contributed by atoms with E-state index < -0.39 is 0 Å². The molecule has 2 aliphatic rings. The number of nitrogens with zero attached hydrogens (tertiary/aromatic N) is 1. The third-order valence-electron chi connectivity index (χ3n) is 1.95. The summed E-state index contributed by atoms with van der Waals surface area (Å²) < 4.78 is 1.34. The first kappa shape index (κ1) is 7.73. The maximum Gasteiger partial charge on any atom is 0.224 e. The highest BCUT2D eigenvalue weighted by molar-refractivity contribution is 9.12. The molecule has 0 saturated carbocycles. The molecule has 0 aromatic carbocycles. The van der Waals surface area contributed by atoms with Crippen molar-refractivity contribution in [3.05, 3.63) is 27.0 Å². The zero-order valence-corrected chi connectivity index (χ0v) is 7.80. The van der Waals surface area contributed by atoms with Gasteiger partial charge in [-0.3, -0.25) is 4.79 Å². The maximum absolute atomic E-state index is 11.3. The number of carbonyl (C=O) groups excluding carboxylic acids is 1. The van der Waals surface area contributed by atoms with Gasteiger partial charge in [0.25, 0.3) is 0 Å². The van der Waals surface area contributed by atoms with Gasteiger partial charge in [-0.15, -0.1) is 0 Å². The van der Waals surface area contributed by atoms with E-state index in [9.17, 15) is 10.0 Å². The van der Waals surface area contributed by atoms with Crippen LogP contribution in [0.4, 0.5) is 0 Å². The predicted molar refractivity (Wildman–Crippen MR) is 48.0 cm³/mol. The fourth-order valence-corrected chi connectivity index (χ4v) is 2.01. The molecular weight excluding hydrogens is 222 g/mol. The highest BCUT2D eigenvalue weighted by atomic mass is 79.9. The highest BCUT2D eigenvalue weighted by Gasteiger charge is 2.32. The topological polar surface area (TPSA) is 43.1 Å². The van der Waals surface area contributed by atoms with Crippen molar-refractivity contribution >= 4 is 27.9 Å². The highest BCUT2D eigenvalue weighted by Crippen LogP contribution is 2.30. The fourth-order valence-electron chi connectivity index (χ4n) is 1.40. The smallest absolute Gasteiger partial charge is 0.224 e. The number of Topliss-reactive ketones (excluding diaryl/α,β-unsaturated/α-hetero) is 1. The molecule has 3 nitrogen and oxygen atoms in total. The number of carbonyl (C=O) groups is 1. The molecule has 2 rings (SSSR count).